The van der Waals surface area contributed by atoms with Crippen LogP contribution < -0.4 is 37.7 Å². The fourth-order valence-corrected chi connectivity index (χ4v) is 1.52. The minimum atomic E-state index is 0. The summed E-state index contributed by atoms with van der Waals surface area (Å²) in [5.41, 5.74) is 2.03. The quantitative estimate of drug-likeness (QED) is 0.185. The number of hydrogen-bond acceptors (Lipinski definition) is 2. The van der Waals surface area contributed by atoms with Gasteiger partial charge >= 0.3 is 37.7 Å². The fourth-order valence-electron chi connectivity index (χ4n) is 1.33. The molecule has 2 rings (SSSR count). The molecule has 0 amide bonds. The van der Waals surface area contributed by atoms with E-state index in [0.717, 1.165) is 11.1 Å². The van der Waals surface area contributed by atoms with Gasteiger partial charge in [0.2, 0.25) is 0 Å². The van der Waals surface area contributed by atoms with E-state index in [9.17, 15) is 0 Å². The number of aliphatic imine (C=N–C) groups is 1. The molecule has 0 bridgehead atoms. The average Bonchev–Trinajstić information content (AvgIpc) is 2.38. The van der Waals surface area contributed by atoms with Crippen LogP contribution in [0.25, 0.3) is 0 Å². The van der Waals surface area contributed by atoms with Crippen molar-refractivity contribution in [3.63, 3.8) is 0 Å². The molecule has 0 N–H and O–H groups in total. The molecule has 0 saturated carbocycles. The Hall–Kier alpha value is -0.605. The minimum Gasteiger partial charge on any atom is -0.819 e. The molecule has 1 nitrogen and oxygen atoms in total. The summed E-state index contributed by atoms with van der Waals surface area (Å²) in [5.74, 6) is 0. The van der Waals surface area contributed by atoms with Gasteiger partial charge in [-0.2, -0.15) is 5.04 Å². The molecule has 0 atom stereocenters. The molecule has 0 aliphatic rings. The second kappa shape index (κ2) is 9.34. The normalized spacial score (nSPS) is 9.89. The van der Waals surface area contributed by atoms with Crippen LogP contribution >= 0.6 is 0 Å². The van der Waals surface area contributed by atoms with Gasteiger partial charge in [-0.1, -0.05) is 48.5 Å². The van der Waals surface area contributed by atoms with Gasteiger partial charge in [-0.05, 0) is 0 Å². The third-order valence-electron chi connectivity index (χ3n) is 2.15. The topological polar surface area (TPSA) is 12.4 Å². The standard InChI is InChI=1S/C14H12NS.2Li/c16-14(13-9-5-2-6-10-13)15-11-12-7-3-1-4-8-12;;/h1-11H,(H,15,16);;/q-1;2*+1/p-1. The molecule has 18 heavy (non-hydrogen) atoms. The van der Waals surface area contributed by atoms with Crippen LogP contribution in [0.15, 0.2) is 65.7 Å². The zero-order valence-electron chi connectivity index (χ0n) is 10.7. The van der Waals surface area contributed by atoms with Crippen molar-refractivity contribution >= 4 is 17.7 Å². The summed E-state index contributed by atoms with van der Waals surface area (Å²) in [6.07, 6.45) is 0. The fraction of sp³-hybridized carbons (Fsp3) is 0. The van der Waals surface area contributed by atoms with Gasteiger partial charge in [0, 0.05) is 0 Å². The number of hydrogen-bond donors (Lipinski definition) is 0. The molecule has 0 unspecified atom stereocenters. The van der Waals surface area contributed by atoms with Gasteiger partial charge in [0.05, 0.1) is 0 Å². The van der Waals surface area contributed by atoms with E-state index in [1.54, 1.807) is 6.54 Å². The molecule has 0 aromatic heterocycles. The molecular weight excluding hydrogens is 228 g/mol. The van der Waals surface area contributed by atoms with E-state index in [-0.39, 0.29) is 37.7 Å². The Kier molecular flexibility index (Phi) is 9.03. The third kappa shape index (κ3) is 5.36. The van der Waals surface area contributed by atoms with Crippen molar-refractivity contribution in [1.82, 2.24) is 0 Å². The predicted octanol–water partition coefficient (Wildman–Crippen LogP) is -2.80. The first-order chi connectivity index (χ1) is 7.86. The maximum absolute atomic E-state index is 5.22. The molecule has 0 fully saturated rings. The Balaban J connectivity index is 0.00000144. The summed E-state index contributed by atoms with van der Waals surface area (Å²) < 4.78 is 0. The Labute approximate surface area is 138 Å². The second-order valence-corrected chi connectivity index (χ2v) is 3.73. The van der Waals surface area contributed by atoms with Crippen molar-refractivity contribution in [2.24, 2.45) is 4.99 Å². The van der Waals surface area contributed by atoms with E-state index in [1.807, 2.05) is 60.7 Å². The van der Waals surface area contributed by atoms with Crippen molar-refractivity contribution in [2.75, 3.05) is 0 Å². The maximum Gasteiger partial charge on any atom is 1.00 e. The van der Waals surface area contributed by atoms with Gasteiger partial charge < -0.3 is 17.6 Å². The molecule has 2 aromatic rings. The van der Waals surface area contributed by atoms with Crippen LogP contribution in [0.4, 0.5) is 0 Å². The second-order valence-electron chi connectivity index (χ2n) is 3.34. The summed E-state index contributed by atoms with van der Waals surface area (Å²) in [4.78, 5) is 4.27. The van der Waals surface area contributed by atoms with E-state index >= 15 is 0 Å². The van der Waals surface area contributed by atoms with Gasteiger partial charge in [-0.3, -0.25) is 0 Å². The van der Waals surface area contributed by atoms with E-state index in [0.29, 0.717) is 5.04 Å². The Morgan fingerprint density at radius 2 is 1.33 bits per heavy atom. The predicted molar refractivity (Wildman–Crippen MR) is 70.2 cm³/mol. The van der Waals surface area contributed by atoms with Crippen molar-refractivity contribution in [3.8, 4) is 0 Å². The van der Waals surface area contributed by atoms with Gasteiger partial charge in [-0.25, -0.2) is 0 Å². The van der Waals surface area contributed by atoms with E-state index in [2.05, 4.69) is 4.99 Å². The molecule has 0 heterocycles. The van der Waals surface area contributed by atoms with Crippen LogP contribution in [0.2, 0.25) is 0 Å². The van der Waals surface area contributed by atoms with Crippen LogP contribution in [-0.2, 0) is 12.6 Å². The monoisotopic (exact) mass is 239 g/mol. The first-order valence-corrected chi connectivity index (χ1v) is 5.45. The van der Waals surface area contributed by atoms with Gasteiger partial charge in [0.1, 0.15) is 0 Å². The van der Waals surface area contributed by atoms with E-state index in [4.69, 9.17) is 12.6 Å². The Morgan fingerprint density at radius 1 is 0.833 bits per heavy atom. The van der Waals surface area contributed by atoms with Crippen LogP contribution in [0.1, 0.15) is 11.1 Å². The van der Waals surface area contributed by atoms with E-state index < -0.39 is 0 Å². The van der Waals surface area contributed by atoms with Crippen molar-refractivity contribution in [3.05, 3.63) is 78.3 Å². The Bertz CT molecular complexity index is 472. The summed E-state index contributed by atoms with van der Waals surface area (Å²) >= 11 is 5.22. The first-order valence-electron chi connectivity index (χ1n) is 5.05. The van der Waals surface area contributed by atoms with Crippen molar-refractivity contribution < 1.29 is 37.7 Å². The molecule has 0 saturated heterocycles. The molecular formula is C14H11Li2NS. The van der Waals surface area contributed by atoms with Crippen LogP contribution in [0.3, 0.4) is 0 Å². The minimum absolute atomic E-state index is 0. The molecule has 0 radical (unpaired) electrons. The SMILES string of the molecule is [Li+].[Li+].[S-]C(=N[CH-]c1ccccc1)c1ccccc1. The van der Waals surface area contributed by atoms with Gasteiger partial charge in [-0.15, -0.1) is 29.8 Å². The summed E-state index contributed by atoms with van der Waals surface area (Å²) in [6.45, 7) is 1.79. The van der Waals surface area contributed by atoms with Crippen molar-refractivity contribution in [1.29, 1.82) is 0 Å². The first kappa shape index (κ1) is 17.4. The molecule has 2 aromatic carbocycles. The summed E-state index contributed by atoms with van der Waals surface area (Å²) in [5, 5.41) is 0.615. The van der Waals surface area contributed by atoms with Crippen molar-refractivity contribution in [2.45, 2.75) is 0 Å². The number of nitrogens with zero attached hydrogens (tertiary/aromatic N) is 1. The van der Waals surface area contributed by atoms with Crippen LogP contribution in [0.5, 0.6) is 0 Å². The third-order valence-corrected chi connectivity index (χ3v) is 2.49. The largest absolute Gasteiger partial charge is 1.00 e. The molecule has 80 valence electrons. The average molecular weight is 239 g/mol. The molecule has 4 heteroatoms. The summed E-state index contributed by atoms with van der Waals surface area (Å²) in [7, 11) is 0. The van der Waals surface area contributed by atoms with Gasteiger partial charge in [0.15, 0.2) is 0 Å². The number of rotatable bonds is 3. The zero-order chi connectivity index (χ0) is 11.2. The Morgan fingerprint density at radius 3 is 1.89 bits per heavy atom. The number of benzene rings is 2. The van der Waals surface area contributed by atoms with Crippen LogP contribution in [-0.4, -0.2) is 5.04 Å². The van der Waals surface area contributed by atoms with Crippen LogP contribution in [0, 0.1) is 6.54 Å². The summed E-state index contributed by atoms with van der Waals surface area (Å²) in [6, 6.07) is 19.7. The molecule has 0 spiro atoms. The zero-order valence-corrected chi connectivity index (χ0v) is 11.5. The molecule has 0 aliphatic heterocycles. The smallest absolute Gasteiger partial charge is 0.819 e. The van der Waals surface area contributed by atoms with Gasteiger partial charge in [0.25, 0.3) is 0 Å². The van der Waals surface area contributed by atoms with E-state index in [1.165, 1.54) is 0 Å². The molecule has 0 aliphatic carbocycles. The maximum atomic E-state index is 5.22.